The number of rotatable bonds is 6. The Hall–Kier alpha value is -2.89. The fourth-order valence-electron chi connectivity index (χ4n) is 2.59. The molecule has 1 N–H and O–H groups in total. The van der Waals surface area contributed by atoms with E-state index in [0.29, 0.717) is 29.7 Å². The summed E-state index contributed by atoms with van der Waals surface area (Å²) in [5.41, 5.74) is 1.34. The lowest BCUT2D eigenvalue weighted by Crippen LogP contribution is -2.08. The fourth-order valence-corrected chi connectivity index (χ4v) is 2.59. The quantitative estimate of drug-likeness (QED) is 0.751. The number of halogens is 1. The monoisotopic (exact) mass is 327 g/mol. The highest BCUT2D eigenvalue weighted by molar-refractivity contribution is 5.89. The molecule has 5 nitrogen and oxygen atoms in total. The van der Waals surface area contributed by atoms with Crippen LogP contribution in [0.4, 0.5) is 10.2 Å². The van der Waals surface area contributed by atoms with E-state index in [1.165, 1.54) is 12.4 Å². The number of aromatic nitrogens is 2. The molecule has 1 heterocycles. The van der Waals surface area contributed by atoms with Crippen LogP contribution in [0.3, 0.4) is 0 Å². The minimum atomic E-state index is -0.354. The van der Waals surface area contributed by atoms with Gasteiger partial charge < -0.3 is 14.8 Å². The van der Waals surface area contributed by atoms with Gasteiger partial charge in [-0.1, -0.05) is 6.07 Å². The van der Waals surface area contributed by atoms with Crippen molar-refractivity contribution in [1.82, 2.24) is 9.97 Å². The van der Waals surface area contributed by atoms with Gasteiger partial charge in [0.05, 0.1) is 14.2 Å². The predicted octanol–water partition coefficient (Wildman–Crippen LogP) is 3.44. The number of anilines is 1. The summed E-state index contributed by atoms with van der Waals surface area (Å²) >= 11 is 0. The molecule has 24 heavy (non-hydrogen) atoms. The summed E-state index contributed by atoms with van der Waals surface area (Å²) in [6.07, 6.45) is 2.07. The van der Waals surface area contributed by atoms with Gasteiger partial charge in [0.2, 0.25) is 0 Å². The number of methoxy groups -OCH3 is 2. The number of ether oxygens (including phenoxy) is 2. The second-order valence-electron chi connectivity index (χ2n) is 5.21. The summed E-state index contributed by atoms with van der Waals surface area (Å²) in [6, 6.07) is 10.5. The highest BCUT2D eigenvalue weighted by Crippen LogP contribution is 2.25. The van der Waals surface area contributed by atoms with Crippen LogP contribution in [0.15, 0.2) is 42.7 Å². The fraction of sp³-hybridized carbons (Fsp3) is 0.222. The number of benzene rings is 2. The van der Waals surface area contributed by atoms with Crippen molar-refractivity contribution in [2.45, 2.75) is 6.42 Å². The van der Waals surface area contributed by atoms with Gasteiger partial charge in [0.25, 0.3) is 0 Å². The van der Waals surface area contributed by atoms with E-state index in [0.717, 1.165) is 17.1 Å². The van der Waals surface area contributed by atoms with Crippen LogP contribution in [0.25, 0.3) is 10.9 Å². The molecule has 0 aliphatic carbocycles. The molecule has 0 aliphatic rings. The standard InChI is InChI=1S/C18H18FN3O2/c1-23-13-6-7-16(24-2)12(10-13)8-9-20-18-14-4-3-5-15(19)17(14)21-11-22-18/h3-7,10-11H,8-9H2,1-2H3,(H,20,21,22). The Morgan fingerprint density at radius 1 is 1.08 bits per heavy atom. The summed E-state index contributed by atoms with van der Waals surface area (Å²) in [5.74, 6) is 1.84. The first kappa shape index (κ1) is 16.0. The number of fused-ring (bicyclic) bond motifs is 1. The smallest absolute Gasteiger partial charge is 0.149 e. The average molecular weight is 327 g/mol. The SMILES string of the molecule is COc1ccc(OC)c(CCNc2ncnc3c(F)cccc23)c1. The van der Waals surface area contributed by atoms with Gasteiger partial charge in [-0.2, -0.15) is 0 Å². The molecule has 3 rings (SSSR count). The highest BCUT2D eigenvalue weighted by atomic mass is 19.1. The van der Waals surface area contributed by atoms with Crippen molar-refractivity contribution in [3.05, 3.63) is 54.1 Å². The molecule has 0 spiro atoms. The normalized spacial score (nSPS) is 10.6. The second-order valence-corrected chi connectivity index (χ2v) is 5.21. The Morgan fingerprint density at radius 3 is 2.75 bits per heavy atom. The number of hydrogen-bond acceptors (Lipinski definition) is 5. The molecule has 2 aromatic carbocycles. The molecule has 3 aromatic rings. The van der Waals surface area contributed by atoms with Gasteiger partial charge in [-0.25, -0.2) is 14.4 Å². The lowest BCUT2D eigenvalue weighted by molar-refractivity contribution is 0.399. The maximum atomic E-state index is 13.8. The summed E-state index contributed by atoms with van der Waals surface area (Å²) in [7, 11) is 3.27. The maximum absolute atomic E-state index is 13.8. The van der Waals surface area contributed by atoms with E-state index >= 15 is 0 Å². The van der Waals surface area contributed by atoms with E-state index in [4.69, 9.17) is 9.47 Å². The van der Waals surface area contributed by atoms with Crippen molar-refractivity contribution in [3.8, 4) is 11.5 Å². The largest absolute Gasteiger partial charge is 0.497 e. The number of hydrogen-bond donors (Lipinski definition) is 1. The van der Waals surface area contributed by atoms with Crippen LogP contribution in [0.2, 0.25) is 0 Å². The van der Waals surface area contributed by atoms with Crippen molar-refractivity contribution in [2.75, 3.05) is 26.1 Å². The molecule has 6 heteroatoms. The lowest BCUT2D eigenvalue weighted by Gasteiger charge is -2.12. The molecule has 0 atom stereocenters. The third kappa shape index (κ3) is 3.22. The van der Waals surface area contributed by atoms with Gasteiger partial charge in [0.15, 0.2) is 0 Å². The molecular weight excluding hydrogens is 309 g/mol. The molecular formula is C18H18FN3O2. The Morgan fingerprint density at radius 2 is 1.96 bits per heavy atom. The van der Waals surface area contributed by atoms with Gasteiger partial charge in [0.1, 0.15) is 35.0 Å². The topological polar surface area (TPSA) is 56.3 Å². The molecule has 0 saturated carbocycles. The first-order valence-electron chi connectivity index (χ1n) is 7.57. The first-order chi connectivity index (χ1) is 11.7. The maximum Gasteiger partial charge on any atom is 0.149 e. The van der Waals surface area contributed by atoms with Crippen LogP contribution in [0, 0.1) is 5.82 Å². The van der Waals surface area contributed by atoms with E-state index in [1.54, 1.807) is 26.4 Å². The van der Waals surface area contributed by atoms with Gasteiger partial charge >= 0.3 is 0 Å². The van der Waals surface area contributed by atoms with Crippen molar-refractivity contribution in [1.29, 1.82) is 0 Å². The highest BCUT2D eigenvalue weighted by Gasteiger charge is 2.08. The zero-order valence-electron chi connectivity index (χ0n) is 13.5. The lowest BCUT2D eigenvalue weighted by atomic mass is 10.1. The molecule has 0 saturated heterocycles. The molecule has 0 amide bonds. The van der Waals surface area contributed by atoms with Gasteiger partial charge in [0, 0.05) is 11.9 Å². The molecule has 0 radical (unpaired) electrons. The van der Waals surface area contributed by atoms with E-state index in [-0.39, 0.29) is 5.82 Å². The summed E-state index contributed by atoms with van der Waals surface area (Å²) in [6.45, 7) is 0.617. The first-order valence-corrected chi connectivity index (χ1v) is 7.57. The zero-order valence-corrected chi connectivity index (χ0v) is 13.5. The second kappa shape index (κ2) is 7.12. The van der Waals surface area contributed by atoms with E-state index in [2.05, 4.69) is 15.3 Å². The van der Waals surface area contributed by atoms with Gasteiger partial charge in [-0.15, -0.1) is 0 Å². The number of para-hydroxylation sites is 1. The predicted molar refractivity (Wildman–Crippen MR) is 91.2 cm³/mol. The molecule has 124 valence electrons. The molecule has 0 fully saturated rings. The minimum Gasteiger partial charge on any atom is -0.497 e. The van der Waals surface area contributed by atoms with Crippen LogP contribution < -0.4 is 14.8 Å². The summed E-state index contributed by atoms with van der Waals surface area (Å²) in [5, 5.41) is 3.90. The Bertz CT molecular complexity index is 855. The third-order valence-electron chi connectivity index (χ3n) is 3.79. The molecule has 1 aromatic heterocycles. The van der Waals surface area contributed by atoms with Crippen molar-refractivity contribution in [2.24, 2.45) is 0 Å². The van der Waals surface area contributed by atoms with Crippen LogP contribution in [0.1, 0.15) is 5.56 Å². The van der Waals surface area contributed by atoms with Crippen LogP contribution >= 0.6 is 0 Å². The van der Waals surface area contributed by atoms with Crippen molar-refractivity contribution < 1.29 is 13.9 Å². The van der Waals surface area contributed by atoms with Crippen molar-refractivity contribution in [3.63, 3.8) is 0 Å². The van der Waals surface area contributed by atoms with Gasteiger partial charge in [-0.05, 0) is 42.3 Å². The Balaban J connectivity index is 1.77. The number of nitrogens with zero attached hydrogens (tertiary/aromatic N) is 2. The molecule has 0 bridgehead atoms. The van der Waals surface area contributed by atoms with Crippen LogP contribution in [-0.2, 0) is 6.42 Å². The van der Waals surface area contributed by atoms with E-state index in [1.807, 2.05) is 18.2 Å². The zero-order chi connectivity index (χ0) is 16.9. The van der Waals surface area contributed by atoms with Crippen molar-refractivity contribution >= 4 is 16.7 Å². The summed E-state index contributed by atoms with van der Waals surface area (Å²) < 4.78 is 24.4. The van der Waals surface area contributed by atoms with Gasteiger partial charge in [-0.3, -0.25) is 0 Å². The third-order valence-corrected chi connectivity index (χ3v) is 3.79. The van der Waals surface area contributed by atoms with Crippen LogP contribution in [-0.4, -0.2) is 30.7 Å². The average Bonchev–Trinajstić information content (AvgIpc) is 2.62. The van der Waals surface area contributed by atoms with Crippen LogP contribution in [0.5, 0.6) is 11.5 Å². The minimum absolute atomic E-state index is 0.314. The van der Waals surface area contributed by atoms with E-state index in [9.17, 15) is 4.39 Å². The van der Waals surface area contributed by atoms with E-state index < -0.39 is 0 Å². The Labute approximate surface area is 139 Å². The molecule has 0 aliphatic heterocycles. The number of nitrogens with one attached hydrogen (secondary N) is 1. The summed E-state index contributed by atoms with van der Waals surface area (Å²) in [4.78, 5) is 8.21. The molecule has 0 unspecified atom stereocenters. The Kier molecular flexibility index (Phi) is 4.74.